The third kappa shape index (κ3) is 12.0. The molecular weight excluding hydrogens is 324 g/mol. The molecule has 22 heavy (non-hydrogen) atoms. The molecule has 0 spiro atoms. The molecule has 0 aliphatic rings. The molecule has 0 unspecified atom stereocenters. The molecule has 0 aliphatic heterocycles. The molecule has 0 fully saturated rings. The van der Waals surface area contributed by atoms with Gasteiger partial charge in [-0.15, -0.1) is 0 Å². The molecule has 0 aromatic carbocycles. The van der Waals surface area contributed by atoms with Crippen molar-refractivity contribution >= 4 is 25.3 Å². The van der Waals surface area contributed by atoms with Crippen LogP contribution in [0.15, 0.2) is 12.2 Å². The largest absolute Gasteiger partial charge is 0.500 e. The van der Waals surface area contributed by atoms with E-state index >= 15 is 0 Å². The highest BCUT2D eigenvalue weighted by Gasteiger charge is 2.36. The zero-order valence-corrected chi connectivity index (χ0v) is 17.6. The molecule has 0 radical (unpaired) electrons. The quantitative estimate of drug-likeness (QED) is 0.229. The van der Waals surface area contributed by atoms with Gasteiger partial charge in [0, 0.05) is 46.7 Å². The van der Waals surface area contributed by atoms with Crippen molar-refractivity contribution in [1.29, 1.82) is 0 Å². The van der Waals surface area contributed by atoms with Gasteiger partial charge in [-0.3, -0.25) is 0 Å². The van der Waals surface area contributed by atoms with Crippen molar-refractivity contribution in [3.63, 3.8) is 0 Å². The van der Waals surface area contributed by atoms with Crippen molar-refractivity contribution in [2.45, 2.75) is 19.4 Å². The Morgan fingerprint density at radius 2 is 1.55 bits per heavy atom. The highest BCUT2D eigenvalue weighted by molar-refractivity contribution is 6.60. The van der Waals surface area contributed by atoms with Gasteiger partial charge >= 0.3 is 14.8 Å². The predicted octanol–water partition coefficient (Wildman–Crippen LogP) is 0.304. The number of esters is 1. The van der Waals surface area contributed by atoms with E-state index in [0.717, 1.165) is 16.9 Å². The molecule has 0 aromatic rings. The van der Waals surface area contributed by atoms with Crippen LogP contribution in [0.4, 0.5) is 0 Å². The first kappa shape index (κ1) is 23.7. The number of ether oxygens (including phenoxy) is 2. The zero-order chi connectivity index (χ0) is 17.4. The second kappa shape index (κ2) is 15.3. The third-order valence-electron chi connectivity index (χ3n) is 2.51. The Labute approximate surface area is 137 Å². The molecular formula is C13H30O7Si2. The highest BCUT2D eigenvalue weighted by atomic mass is 28.4. The summed E-state index contributed by atoms with van der Waals surface area (Å²) in [5, 5.41) is 0. The summed E-state index contributed by atoms with van der Waals surface area (Å²) in [4.78, 5) is 11.1. The predicted molar refractivity (Wildman–Crippen MR) is 89.7 cm³/mol. The minimum absolute atomic E-state index is 0.229. The Kier molecular flexibility index (Phi) is 16.5. The van der Waals surface area contributed by atoms with E-state index in [-0.39, 0.29) is 6.61 Å². The van der Waals surface area contributed by atoms with Gasteiger partial charge in [0.05, 0.1) is 6.61 Å². The fourth-order valence-corrected chi connectivity index (χ4v) is 3.06. The molecule has 0 N–H and O–H groups in total. The molecule has 7 nitrogen and oxygen atoms in total. The molecule has 9 heteroatoms. The van der Waals surface area contributed by atoms with Crippen molar-refractivity contribution < 1.29 is 32.0 Å². The first-order valence-electron chi connectivity index (χ1n) is 6.88. The Morgan fingerprint density at radius 3 is 1.95 bits per heavy atom. The number of rotatable bonds is 11. The SMILES string of the molecule is C=C(C)C(=O)OCCOCCC[Si](OC)(OC)OC.CO[SiH3]. The first-order valence-corrected chi connectivity index (χ1v) is 9.63. The molecule has 0 aliphatic carbocycles. The van der Waals surface area contributed by atoms with Crippen LogP contribution in [-0.2, 0) is 32.0 Å². The van der Waals surface area contributed by atoms with Gasteiger partial charge in [-0.05, 0) is 13.3 Å². The van der Waals surface area contributed by atoms with Crippen molar-refractivity contribution in [3.05, 3.63) is 12.2 Å². The van der Waals surface area contributed by atoms with Gasteiger partial charge in [0.25, 0.3) is 0 Å². The lowest BCUT2D eigenvalue weighted by Crippen LogP contribution is -2.42. The van der Waals surface area contributed by atoms with Crippen molar-refractivity contribution in [2.75, 3.05) is 48.3 Å². The topological polar surface area (TPSA) is 72.5 Å². The standard InChI is InChI=1S/C12H24O6Si.CH6OSi/c1-11(2)12(13)18-9-8-17-7-6-10-19(14-3,15-4)16-5;1-2-3/h1,6-10H2,2-5H3;1,3H3. The minimum Gasteiger partial charge on any atom is -0.460 e. The van der Waals surface area contributed by atoms with Gasteiger partial charge in [-0.25, -0.2) is 4.79 Å². The van der Waals surface area contributed by atoms with Crippen LogP contribution in [0.2, 0.25) is 6.04 Å². The van der Waals surface area contributed by atoms with Crippen LogP contribution in [0.25, 0.3) is 0 Å². The monoisotopic (exact) mass is 354 g/mol. The van der Waals surface area contributed by atoms with Gasteiger partial charge in [0.1, 0.15) is 17.1 Å². The van der Waals surface area contributed by atoms with Gasteiger partial charge in [0.15, 0.2) is 0 Å². The van der Waals surface area contributed by atoms with Crippen molar-refractivity contribution in [2.24, 2.45) is 0 Å². The molecule has 0 rings (SSSR count). The van der Waals surface area contributed by atoms with Crippen molar-refractivity contribution in [3.8, 4) is 0 Å². The van der Waals surface area contributed by atoms with Crippen LogP contribution >= 0.6 is 0 Å². The maximum absolute atomic E-state index is 11.1. The lowest BCUT2D eigenvalue weighted by Gasteiger charge is -2.24. The Balaban J connectivity index is 0. The third-order valence-corrected chi connectivity index (χ3v) is 5.35. The summed E-state index contributed by atoms with van der Waals surface area (Å²) in [5.74, 6) is -0.395. The summed E-state index contributed by atoms with van der Waals surface area (Å²) in [6.45, 7) is 6.22. The number of hydrogen-bond acceptors (Lipinski definition) is 7. The van der Waals surface area contributed by atoms with E-state index in [2.05, 4.69) is 11.0 Å². The van der Waals surface area contributed by atoms with E-state index in [9.17, 15) is 4.79 Å². The van der Waals surface area contributed by atoms with Crippen LogP contribution in [0.1, 0.15) is 13.3 Å². The molecule has 0 aromatic heterocycles. The second-order valence-electron chi connectivity index (χ2n) is 4.34. The van der Waals surface area contributed by atoms with E-state index in [1.807, 2.05) is 0 Å². The smallest absolute Gasteiger partial charge is 0.460 e. The van der Waals surface area contributed by atoms with Gasteiger partial charge < -0.3 is 27.2 Å². The van der Waals surface area contributed by atoms with E-state index in [1.54, 1.807) is 35.4 Å². The normalized spacial score (nSPS) is 10.8. The van der Waals surface area contributed by atoms with E-state index < -0.39 is 14.8 Å². The summed E-state index contributed by atoms with van der Waals surface area (Å²) in [5.41, 5.74) is 0.385. The van der Waals surface area contributed by atoms with Gasteiger partial charge in [-0.1, -0.05) is 6.58 Å². The fraction of sp³-hybridized carbons (Fsp3) is 0.769. The van der Waals surface area contributed by atoms with Crippen molar-refractivity contribution in [1.82, 2.24) is 0 Å². The van der Waals surface area contributed by atoms with Crippen LogP contribution < -0.4 is 0 Å². The average Bonchev–Trinajstić information content (AvgIpc) is 2.51. The molecule has 132 valence electrons. The molecule has 0 saturated heterocycles. The Hall–Kier alpha value is -0.556. The number of hydrogen-bond donors (Lipinski definition) is 0. The summed E-state index contributed by atoms with van der Waals surface area (Å²) >= 11 is 0. The molecule has 0 saturated carbocycles. The first-order chi connectivity index (χ1) is 10.4. The molecule has 0 heterocycles. The minimum atomic E-state index is -2.50. The van der Waals surface area contributed by atoms with E-state index in [0.29, 0.717) is 24.8 Å². The second-order valence-corrected chi connectivity index (χ2v) is 8.24. The Bertz CT molecular complexity index is 288. The Morgan fingerprint density at radius 1 is 1.05 bits per heavy atom. The van der Waals surface area contributed by atoms with Crippen LogP contribution in [0.5, 0.6) is 0 Å². The van der Waals surface area contributed by atoms with Gasteiger partial charge in [0.2, 0.25) is 0 Å². The number of carbonyl (C=O) groups is 1. The summed E-state index contributed by atoms with van der Waals surface area (Å²) in [7, 11) is 4.80. The van der Waals surface area contributed by atoms with Crippen LogP contribution in [0.3, 0.4) is 0 Å². The maximum Gasteiger partial charge on any atom is 0.500 e. The highest BCUT2D eigenvalue weighted by Crippen LogP contribution is 2.14. The molecule has 0 amide bonds. The molecule has 0 bridgehead atoms. The summed E-state index contributed by atoms with van der Waals surface area (Å²) in [6.07, 6.45) is 0.760. The fourth-order valence-electron chi connectivity index (χ4n) is 1.37. The number of carbonyl (C=O) groups excluding carboxylic acids is 1. The van der Waals surface area contributed by atoms with E-state index in [4.69, 9.17) is 22.8 Å². The maximum atomic E-state index is 11.1. The summed E-state index contributed by atoms with van der Waals surface area (Å²) in [6, 6.07) is 0.683. The van der Waals surface area contributed by atoms with Crippen LogP contribution in [-0.4, -0.2) is 73.5 Å². The zero-order valence-electron chi connectivity index (χ0n) is 14.6. The van der Waals surface area contributed by atoms with E-state index in [1.165, 1.54) is 0 Å². The van der Waals surface area contributed by atoms with Crippen LogP contribution in [0, 0.1) is 0 Å². The van der Waals surface area contributed by atoms with Gasteiger partial charge in [-0.2, -0.15) is 0 Å². The lowest BCUT2D eigenvalue weighted by molar-refractivity contribution is -0.140. The summed E-state index contributed by atoms with van der Waals surface area (Å²) < 4.78 is 30.5. The average molecular weight is 355 g/mol. The molecule has 0 atom stereocenters. The lowest BCUT2D eigenvalue weighted by atomic mass is 10.4.